The Labute approximate surface area is 122 Å². The molecule has 0 bridgehead atoms. The summed E-state index contributed by atoms with van der Waals surface area (Å²) in [5.74, 6) is 7.35. The highest BCUT2D eigenvalue weighted by molar-refractivity contribution is 6.32. The molecule has 0 saturated heterocycles. The van der Waals surface area contributed by atoms with Crippen molar-refractivity contribution in [2.45, 2.75) is 53.4 Å². The summed E-state index contributed by atoms with van der Waals surface area (Å²) in [5, 5.41) is 0.847. The minimum Gasteiger partial charge on any atom is -0.494 e. The summed E-state index contributed by atoms with van der Waals surface area (Å²) in [6.45, 7) is 8.90. The van der Waals surface area contributed by atoms with Crippen molar-refractivity contribution in [3.05, 3.63) is 27.8 Å². The molecule has 1 rings (SSSR count). The number of ether oxygens (including phenoxy) is 1. The van der Waals surface area contributed by atoms with E-state index in [4.69, 9.17) is 16.3 Å². The average Bonchev–Trinajstić information content (AvgIpc) is 2.39. The maximum absolute atomic E-state index is 6.33. The predicted octanol–water partition coefficient (Wildman–Crippen LogP) is 5.09. The highest BCUT2D eigenvalue weighted by Crippen LogP contribution is 2.32. The molecule has 0 spiro atoms. The lowest BCUT2D eigenvalue weighted by molar-refractivity contribution is 0.336. The van der Waals surface area contributed by atoms with Crippen molar-refractivity contribution in [2.24, 2.45) is 0 Å². The highest BCUT2D eigenvalue weighted by atomic mass is 35.5. The summed E-state index contributed by atoms with van der Waals surface area (Å²) in [7, 11) is 0. The standard InChI is InChI=1S/C17H23ClO/c1-5-7-8-9-10-11-15-14(4)17(18)13(3)12-16(15)19-6-2/h12H,5-7,10-11H2,1-4H3. The van der Waals surface area contributed by atoms with Crippen molar-refractivity contribution in [1.82, 2.24) is 0 Å². The Balaban J connectivity index is 2.91. The van der Waals surface area contributed by atoms with Crippen LogP contribution in [0.2, 0.25) is 5.02 Å². The molecule has 1 aromatic carbocycles. The number of unbranched alkanes of at least 4 members (excludes halogenated alkanes) is 1. The van der Waals surface area contributed by atoms with Gasteiger partial charge >= 0.3 is 0 Å². The van der Waals surface area contributed by atoms with Crippen molar-refractivity contribution in [1.29, 1.82) is 0 Å². The number of aryl methyl sites for hydroxylation is 1. The van der Waals surface area contributed by atoms with Gasteiger partial charge in [-0.15, -0.1) is 11.8 Å². The van der Waals surface area contributed by atoms with Crippen LogP contribution in [0.4, 0.5) is 0 Å². The molecule has 0 aromatic heterocycles. The lowest BCUT2D eigenvalue weighted by Crippen LogP contribution is -2.01. The van der Waals surface area contributed by atoms with E-state index in [1.165, 1.54) is 5.56 Å². The van der Waals surface area contributed by atoms with Crippen molar-refractivity contribution in [3.63, 3.8) is 0 Å². The Morgan fingerprint density at radius 2 is 1.84 bits per heavy atom. The first-order chi connectivity index (χ1) is 9.11. The van der Waals surface area contributed by atoms with Gasteiger partial charge in [0.1, 0.15) is 5.75 Å². The topological polar surface area (TPSA) is 9.23 Å². The Morgan fingerprint density at radius 3 is 2.47 bits per heavy atom. The summed E-state index contributed by atoms with van der Waals surface area (Å²) >= 11 is 6.33. The molecule has 2 heteroatoms. The average molecular weight is 279 g/mol. The van der Waals surface area contributed by atoms with Crippen LogP contribution < -0.4 is 4.74 Å². The van der Waals surface area contributed by atoms with Gasteiger partial charge in [-0.3, -0.25) is 0 Å². The van der Waals surface area contributed by atoms with Gasteiger partial charge in [-0.1, -0.05) is 18.5 Å². The van der Waals surface area contributed by atoms with Gasteiger partial charge < -0.3 is 4.74 Å². The maximum Gasteiger partial charge on any atom is 0.123 e. The lowest BCUT2D eigenvalue weighted by atomic mass is 10.00. The van der Waals surface area contributed by atoms with Gasteiger partial charge in [0.25, 0.3) is 0 Å². The third-order valence-corrected chi connectivity index (χ3v) is 3.65. The van der Waals surface area contributed by atoms with E-state index < -0.39 is 0 Å². The number of rotatable bonds is 5. The highest BCUT2D eigenvalue weighted by Gasteiger charge is 2.12. The van der Waals surface area contributed by atoms with Crippen LogP contribution >= 0.6 is 11.6 Å². The van der Waals surface area contributed by atoms with E-state index in [0.717, 1.165) is 47.6 Å². The first kappa shape index (κ1) is 15.9. The molecule has 104 valence electrons. The predicted molar refractivity (Wildman–Crippen MR) is 83.1 cm³/mol. The SMILES string of the molecule is CCCC#CCCc1c(OCC)cc(C)c(Cl)c1C. The molecule has 0 saturated carbocycles. The smallest absolute Gasteiger partial charge is 0.123 e. The molecule has 0 aliphatic carbocycles. The molecule has 0 unspecified atom stereocenters. The van der Waals surface area contributed by atoms with Gasteiger partial charge in [-0.2, -0.15) is 0 Å². The fourth-order valence-corrected chi connectivity index (χ4v) is 2.21. The molecular weight excluding hydrogens is 256 g/mol. The number of hydrogen-bond acceptors (Lipinski definition) is 1. The monoisotopic (exact) mass is 278 g/mol. The van der Waals surface area contributed by atoms with Crippen LogP contribution in [-0.2, 0) is 6.42 Å². The Hall–Kier alpha value is -1.13. The Morgan fingerprint density at radius 1 is 1.16 bits per heavy atom. The zero-order chi connectivity index (χ0) is 14.3. The van der Waals surface area contributed by atoms with E-state index in [9.17, 15) is 0 Å². The van der Waals surface area contributed by atoms with Crippen LogP contribution in [0.3, 0.4) is 0 Å². The van der Waals surface area contributed by atoms with Crippen LogP contribution in [0.5, 0.6) is 5.75 Å². The summed E-state index contributed by atoms with van der Waals surface area (Å²) in [6, 6.07) is 2.04. The fourth-order valence-electron chi connectivity index (χ4n) is 2.04. The molecule has 1 nitrogen and oxygen atoms in total. The molecule has 1 aromatic rings. The van der Waals surface area contributed by atoms with Gasteiger partial charge in [0.2, 0.25) is 0 Å². The first-order valence-electron chi connectivity index (χ1n) is 6.98. The molecule has 0 atom stereocenters. The van der Waals surface area contributed by atoms with Crippen molar-refractivity contribution < 1.29 is 4.74 Å². The maximum atomic E-state index is 6.33. The lowest BCUT2D eigenvalue weighted by Gasteiger charge is -2.15. The minimum atomic E-state index is 0.676. The van der Waals surface area contributed by atoms with Crippen LogP contribution in [0.1, 0.15) is 49.8 Å². The second-order valence-electron chi connectivity index (χ2n) is 4.65. The van der Waals surface area contributed by atoms with Crippen LogP contribution in [-0.4, -0.2) is 6.61 Å². The quantitative estimate of drug-likeness (QED) is 0.682. The van der Waals surface area contributed by atoms with Crippen LogP contribution in [0.15, 0.2) is 6.07 Å². The molecular formula is C17H23ClO. The molecule has 0 aliphatic rings. The summed E-state index contributed by atoms with van der Waals surface area (Å²) in [6.07, 6.45) is 3.86. The second kappa shape index (κ2) is 8.12. The zero-order valence-corrected chi connectivity index (χ0v) is 13.2. The number of benzene rings is 1. The van der Waals surface area contributed by atoms with Crippen molar-refractivity contribution in [3.8, 4) is 17.6 Å². The van der Waals surface area contributed by atoms with E-state index in [-0.39, 0.29) is 0 Å². The van der Waals surface area contributed by atoms with Gasteiger partial charge in [-0.25, -0.2) is 0 Å². The number of halogens is 1. The zero-order valence-electron chi connectivity index (χ0n) is 12.4. The molecule has 0 heterocycles. The summed E-state index contributed by atoms with van der Waals surface area (Å²) in [4.78, 5) is 0. The van der Waals surface area contributed by atoms with Crippen molar-refractivity contribution >= 4 is 11.6 Å². The van der Waals surface area contributed by atoms with Crippen molar-refractivity contribution in [2.75, 3.05) is 6.61 Å². The number of hydrogen-bond donors (Lipinski definition) is 0. The third-order valence-electron chi connectivity index (χ3n) is 3.07. The molecule has 0 N–H and O–H groups in total. The van der Waals surface area contributed by atoms with E-state index in [0.29, 0.717) is 6.61 Å². The van der Waals surface area contributed by atoms with Gasteiger partial charge in [0, 0.05) is 17.9 Å². The molecule has 0 amide bonds. The minimum absolute atomic E-state index is 0.676. The van der Waals surface area contributed by atoms with E-state index >= 15 is 0 Å². The normalized spacial score (nSPS) is 9.95. The van der Waals surface area contributed by atoms with Gasteiger partial charge in [-0.05, 0) is 56.4 Å². The van der Waals surface area contributed by atoms with Gasteiger partial charge in [0.15, 0.2) is 0 Å². The van der Waals surface area contributed by atoms with E-state index in [1.807, 2.05) is 19.9 Å². The van der Waals surface area contributed by atoms with Crippen LogP contribution in [0.25, 0.3) is 0 Å². The van der Waals surface area contributed by atoms with Crippen LogP contribution in [0, 0.1) is 25.7 Å². The molecule has 0 aliphatic heterocycles. The largest absolute Gasteiger partial charge is 0.494 e. The van der Waals surface area contributed by atoms with E-state index in [1.54, 1.807) is 0 Å². The van der Waals surface area contributed by atoms with Gasteiger partial charge in [0.05, 0.1) is 6.61 Å². The second-order valence-corrected chi connectivity index (χ2v) is 5.02. The fraction of sp³-hybridized carbons (Fsp3) is 0.529. The van der Waals surface area contributed by atoms with E-state index in [2.05, 4.69) is 25.7 Å². The summed E-state index contributed by atoms with van der Waals surface area (Å²) in [5.41, 5.74) is 3.40. The first-order valence-corrected chi connectivity index (χ1v) is 7.36. The Kier molecular flexibility index (Phi) is 6.81. The Bertz CT molecular complexity index is 480. The third kappa shape index (κ3) is 4.48. The molecule has 19 heavy (non-hydrogen) atoms. The molecule has 0 fully saturated rings. The molecule has 0 radical (unpaired) electrons. The summed E-state index contributed by atoms with van der Waals surface area (Å²) < 4.78 is 5.73.